The molecule has 0 spiro atoms. The summed E-state index contributed by atoms with van der Waals surface area (Å²) < 4.78 is 16.4. The lowest BCUT2D eigenvalue weighted by Crippen LogP contribution is -2.52. The number of primary amides is 1. The van der Waals surface area contributed by atoms with E-state index in [0.717, 1.165) is 29.7 Å². The number of alkyl carbamates (subject to hydrolysis) is 1. The van der Waals surface area contributed by atoms with Crippen LogP contribution in [0.25, 0.3) is 0 Å². The number of carbonyl (C=O) groups is 4. The summed E-state index contributed by atoms with van der Waals surface area (Å²) in [7, 11) is 0. The van der Waals surface area contributed by atoms with Gasteiger partial charge in [0.1, 0.15) is 23.4 Å². The summed E-state index contributed by atoms with van der Waals surface area (Å²) in [6.45, 7) is 9.57. The highest BCUT2D eigenvalue weighted by atomic mass is 16.6. The second-order valence-electron chi connectivity index (χ2n) is 17.9. The number of phenols is 1. The van der Waals surface area contributed by atoms with Gasteiger partial charge in [-0.3, -0.25) is 15.0 Å². The van der Waals surface area contributed by atoms with Gasteiger partial charge in [0.25, 0.3) is 5.91 Å². The highest BCUT2D eigenvalue weighted by Crippen LogP contribution is 2.60. The molecule has 0 radical (unpaired) electrons. The molecule has 0 saturated heterocycles. The molecule has 4 aliphatic rings. The Kier molecular flexibility index (Phi) is 14.5. The van der Waals surface area contributed by atoms with Gasteiger partial charge in [0, 0.05) is 25.9 Å². The second kappa shape index (κ2) is 19.1. The number of amides is 4. The summed E-state index contributed by atoms with van der Waals surface area (Å²) >= 11 is 0. The van der Waals surface area contributed by atoms with Gasteiger partial charge in [0.15, 0.2) is 17.9 Å². The lowest BCUT2D eigenvalue weighted by atomic mass is 9.49. The zero-order valence-corrected chi connectivity index (χ0v) is 34.6. The lowest BCUT2D eigenvalue weighted by Gasteiger charge is -2.56. The van der Waals surface area contributed by atoms with Crippen LogP contribution < -0.4 is 32.7 Å². The largest absolute Gasteiger partial charge is 0.508 e. The first-order valence-electron chi connectivity index (χ1n) is 20.6. The highest BCUT2D eigenvalue weighted by Gasteiger charge is 2.51. The number of aryl methyl sites for hydroxylation is 2. The van der Waals surface area contributed by atoms with Crippen molar-refractivity contribution in [2.45, 2.75) is 142 Å². The number of aromatic nitrogens is 2. The summed E-state index contributed by atoms with van der Waals surface area (Å²) in [4.78, 5) is 57.1. The van der Waals surface area contributed by atoms with Gasteiger partial charge in [-0.15, -0.1) is 0 Å². The van der Waals surface area contributed by atoms with Crippen molar-refractivity contribution < 1.29 is 38.3 Å². The van der Waals surface area contributed by atoms with Crippen molar-refractivity contribution in [3.8, 4) is 5.75 Å². The van der Waals surface area contributed by atoms with Crippen molar-refractivity contribution in [3.05, 3.63) is 40.5 Å². The molecule has 4 fully saturated rings. The van der Waals surface area contributed by atoms with Gasteiger partial charge in [0.2, 0.25) is 11.8 Å². The van der Waals surface area contributed by atoms with Crippen LogP contribution in [0.2, 0.25) is 0 Å². The normalized spacial score (nSPS) is 22.3. The first-order valence-corrected chi connectivity index (χ1v) is 20.6. The topological polar surface area (TPSA) is 270 Å². The Morgan fingerprint density at radius 2 is 1.55 bits per heavy atom. The van der Waals surface area contributed by atoms with Crippen LogP contribution in [0.15, 0.2) is 16.7 Å². The van der Waals surface area contributed by atoms with Gasteiger partial charge < -0.3 is 51.8 Å². The molecular weight excluding hydrogens is 747 g/mol. The molecule has 3 atom stereocenters. The predicted octanol–water partition coefficient (Wildman–Crippen LogP) is 4.46. The minimum absolute atomic E-state index is 0.0368. The van der Waals surface area contributed by atoms with E-state index in [0.29, 0.717) is 49.2 Å². The van der Waals surface area contributed by atoms with Crippen LogP contribution in [-0.2, 0) is 31.9 Å². The van der Waals surface area contributed by atoms with E-state index in [-0.39, 0.29) is 42.4 Å². The second-order valence-corrected chi connectivity index (χ2v) is 17.9. The standard InChI is InChI=1S/C41H63N9O8/c1-23-13-28(51)14-24(2)29(23)18-31(48-35(53)32(56-38(44)54)10-8-12-45-37(42)43)34(52)47-30(9-6-7-11-46-39(55)57-40(3,4)5)36-49-33(50-58-36)22-41-19-25-15-26(20-41)17-27(16-25)21-41/h13-14,25-27,30-32,51H,6-12,15-22H2,1-5H3,(H2,44,54)(H,46,55)(H,47,52)(H,48,53)(H4,42,43,45)/t25?,26?,27?,30-,31-,32+,41?/m0/s1. The molecule has 17 nitrogen and oxygen atoms in total. The van der Waals surface area contributed by atoms with E-state index in [1.807, 2.05) is 0 Å². The van der Waals surface area contributed by atoms with Gasteiger partial charge in [-0.2, -0.15) is 4.98 Å². The molecule has 0 aliphatic heterocycles. The molecule has 4 saturated carbocycles. The number of guanidine groups is 1. The molecule has 320 valence electrons. The maximum atomic E-state index is 14.4. The number of aromatic hydroxyl groups is 1. The minimum atomic E-state index is -1.33. The maximum Gasteiger partial charge on any atom is 0.407 e. The quantitative estimate of drug-likeness (QED) is 0.0555. The first kappa shape index (κ1) is 44.0. The van der Waals surface area contributed by atoms with E-state index in [2.05, 4.69) is 26.4 Å². The monoisotopic (exact) mass is 809 g/mol. The van der Waals surface area contributed by atoms with E-state index >= 15 is 0 Å². The maximum absolute atomic E-state index is 14.4. The summed E-state index contributed by atoms with van der Waals surface area (Å²) in [6.07, 6.45) is 7.10. The number of unbranched alkanes of at least 4 members (excludes halogenated alkanes) is 1. The zero-order chi connectivity index (χ0) is 42.2. The van der Waals surface area contributed by atoms with Gasteiger partial charge in [0.05, 0.1) is 0 Å². The van der Waals surface area contributed by atoms with Crippen LogP contribution >= 0.6 is 0 Å². The fourth-order valence-electron chi connectivity index (χ4n) is 9.70. The number of hydrogen-bond donors (Lipinski definition) is 8. The van der Waals surface area contributed by atoms with Crippen molar-refractivity contribution in [3.63, 3.8) is 0 Å². The first-order chi connectivity index (χ1) is 27.4. The summed E-state index contributed by atoms with van der Waals surface area (Å²) in [5.41, 5.74) is 12.4. The number of nitrogens with one attached hydrogen (secondary N) is 5. The fourth-order valence-corrected chi connectivity index (χ4v) is 9.70. The molecule has 1 heterocycles. The summed E-state index contributed by atoms with van der Waals surface area (Å²) in [6, 6.07) is 1.26. The summed E-state index contributed by atoms with van der Waals surface area (Å²) in [5, 5.41) is 33.3. The van der Waals surface area contributed by atoms with Crippen LogP contribution in [0.3, 0.4) is 0 Å². The molecule has 1 aromatic heterocycles. The molecule has 58 heavy (non-hydrogen) atoms. The molecule has 1 aromatic carbocycles. The van der Waals surface area contributed by atoms with Crippen LogP contribution in [-0.4, -0.2) is 76.0 Å². The Morgan fingerprint density at radius 1 is 0.931 bits per heavy atom. The Morgan fingerprint density at radius 3 is 2.14 bits per heavy atom. The molecule has 6 rings (SSSR count). The van der Waals surface area contributed by atoms with Crippen molar-refractivity contribution in [1.29, 1.82) is 5.41 Å². The van der Waals surface area contributed by atoms with Gasteiger partial charge >= 0.3 is 12.2 Å². The van der Waals surface area contributed by atoms with Crippen molar-refractivity contribution in [2.75, 3.05) is 13.1 Å². The van der Waals surface area contributed by atoms with Gasteiger partial charge in [-0.1, -0.05) is 5.16 Å². The van der Waals surface area contributed by atoms with Gasteiger partial charge in [-0.25, -0.2) is 9.59 Å². The van der Waals surface area contributed by atoms with Crippen LogP contribution in [0.4, 0.5) is 9.59 Å². The highest BCUT2D eigenvalue weighted by molar-refractivity contribution is 5.90. The molecule has 4 bridgehead atoms. The number of hydrogen-bond acceptors (Lipinski definition) is 11. The Bertz CT molecular complexity index is 1730. The van der Waals surface area contributed by atoms with Crippen LogP contribution in [0.5, 0.6) is 5.75 Å². The third kappa shape index (κ3) is 12.7. The average molecular weight is 810 g/mol. The molecule has 0 unspecified atom stereocenters. The van der Waals surface area contributed by atoms with E-state index in [1.54, 1.807) is 46.8 Å². The molecule has 4 aliphatic carbocycles. The van der Waals surface area contributed by atoms with Crippen LogP contribution in [0, 0.1) is 42.4 Å². The Labute approximate surface area is 340 Å². The fraction of sp³-hybridized carbons (Fsp3) is 0.683. The average Bonchev–Trinajstić information content (AvgIpc) is 3.55. The number of nitrogens with zero attached hydrogens (tertiary/aromatic N) is 2. The molecule has 2 aromatic rings. The molecular formula is C41H63N9O8. The zero-order valence-electron chi connectivity index (χ0n) is 34.6. The third-order valence-electron chi connectivity index (χ3n) is 11.6. The predicted molar refractivity (Wildman–Crippen MR) is 214 cm³/mol. The minimum Gasteiger partial charge on any atom is -0.508 e. The number of benzene rings is 1. The number of nitrogens with two attached hydrogens (primary N) is 2. The lowest BCUT2D eigenvalue weighted by molar-refractivity contribution is -0.134. The SMILES string of the molecule is Cc1cc(O)cc(C)c1C[C@H](NC(=O)[C@@H](CCCNC(=N)N)OC(N)=O)C(=O)N[C@@H](CCCCNC(=O)OC(C)(C)C)c1nc(CC23CC4CC(CC(C4)C2)C3)no1. The Balaban J connectivity index is 1.35. The molecule has 4 amide bonds. The number of phenolic OH excluding ortho intramolecular Hbond substituents is 1. The smallest absolute Gasteiger partial charge is 0.407 e. The number of carbonyl (C=O) groups excluding carboxylic acids is 4. The summed E-state index contributed by atoms with van der Waals surface area (Å²) in [5.74, 6) is 1.69. The van der Waals surface area contributed by atoms with Crippen LogP contribution in [0.1, 0.15) is 126 Å². The van der Waals surface area contributed by atoms with Gasteiger partial charge in [-0.05, 0) is 157 Å². The number of ether oxygens (including phenoxy) is 2. The van der Waals surface area contributed by atoms with Crippen molar-refractivity contribution in [2.24, 2.45) is 34.6 Å². The Hall–Kier alpha value is -5.09. The third-order valence-corrected chi connectivity index (χ3v) is 11.6. The molecule has 17 heteroatoms. The van der Waals surface area contributed by atoms with Crippen molar-refractivity contribution in [1.82, 2.24) is 31.4 Å². The van der Waals surface area contributed by atoms with E-state index < -0.39 is 47.8 Å². The van der Waals surface area contributed by atoms with E-state index in [9.17, 15) is 24.3 Å². The molecule has 10 N–H and O–H groups in total. The van der Waals surface area contributed by atoms with E-state index in [1.165, 1.54) is 38.5 Å². The van der Waals surface area contributed by atoms with E-state index in [4.69, 9.17) is 35.9 Å². The number of rotatable bonds is 19. The van der Waals surface area contributed by atoms with Crippen molar-refractivity contribution >= 4 is 30.0 Å².